The first-order chi connectivity index (χ1) is 15.1. The van der Waals surface area contributed by atoms with Crippen LogP contribution in [0.25, 0.3) is 0 Å². The van der Waals surface area contributed by atoms with Gasteiger partial charge in [0.2, 0.25) is 21.8 Å². The van der Waals surface area contributed by atoms with Gasteiger partial charge in [0.05, 0.1) is 11.9 Å². The molecular weight excluding hydrogens is 426 g/mol. The van der Waals surface area contributed by atoms with Crippen LogP contribution < -0.4 is 9.62 Å². The van der Waals surface area contributed by atoms with Gasteiger partial charge in [-0.15, -0.1) is 0 Å². The topological polar surface area (TPSA) is 86.8 Å². The summed E-state index contributed by atoms with van der Waals surface area (Å²) < 4.78 is 26.2. The molecule has 174 valence electrons. The van der Waals surface area contributed by atoms with Crippen LogP contribution in [-0.2, 0) is 26.2 Å². The summed E-state index contributed by atoms with van der Waals surface area (Å²) >= 11 is 0. The van der Waals surface area contributed by atoms with Crippen LogP contribution in [0.5, 0.6) is 0 Å². The molecule has 0 bridgehead atoms. The number of benzene rings is 2. The first kappa shape index (κ1) is 25.4. The van der Waals surface area contributed by atoms with Crippen LogP contribution in [-0.4, -0.2) is 51.0 Å². The summed E-state index contributed by atoms with van der Waals surface area (Å²) in [6.45, 7) is 5.75. The first-order valence-corrected chi connectivity index (χ1v) is 12.6. The third-order valence-electron chi connectivity index (χ3n) is 5.35. The number of anilines is 1. The highest BCUT2D eigenvalue weighted by molar-refractivity contribution is 7.92. The lowest BCUT2D eigenvalue weighted by Gasteiger charge is -2.32. The van der Waals surface area contributed by atoms with Crippen molar-refractivity contribution in [2.45, 2.75) is 45.7 Å². The highest BCUT2D eigenvalue weighted by Crippen LogP contribution is 2.23. The monoisotopic (exact) mass is 459 g/mol. The molecule has 1 unspecified atom stereocenters. The molecule has 2 amide bonds. The molecule has 0 aliphatic rings. The maximum absolute atomic E-state index is 13.4. The van der Waals surface area contributed by atoms with Gasteiger partial charge in [0.15, 0.2) is 0 Å². The van der Waals surface area contributed by atoms with Gasteiger partial charge in [-0.2, -0.15) is 0 Å². The van der Waals surface area contributed by atoms with Crippen LogP contribution in [0.1, 0.15) is 44.2 Å². The van der Waals surface area contributed by atoms with Gasteiger partial charge in [-0.3, -0.25) is 13.9 Å². The average Bonchev–Trinajstić information content (AvgIpc) is 2.76. The average molecular weight is 460 g/mol. The lowest BCUT2D eigenvalue weighted by atomic mass is 10.0. The number of carbonyl (C=O) groups is 2. The number of sulfonamides is 1. The molecule has 2 rings (SSSR count). The zero-order valence-electron chi connectivity index (χ0n) is 19.4. The number of likely N-dealkylation sites (N-methyl/N-ethyl adjacent to an activating group) is 1. The van der Waals surface area contributed by atoms with E-state index in [1.807, 2.05) is 49.4 Å². The molecule has 0 heterocycles. The van der Waals surface area contributed by atoms with Crippen molar-refractivity contribution >= 4 is 27.5 Å². The fourth-order valence-corrected chi connectivity index (χ4v) is 4.36. The van der Waals surface area contributed by atoms with Crippen molar-refractivity contribution in [3.8, 4) is 0 Å². The molecule has 0 saturated carbocycles. The third-order valence-corrected chi connectivity index (χ3v) is 6.50. The first-order valence-electron chi connectivity index (χ1n) is 10.7. The Kier molecular flexibility index (Phi) is 8.83. The maximum Gasteiger partial charge on any atom is 0.244 e. The summed E-state index contributed by atoms with van der Waals surface area (Å²) in [5.74, 6) is -0.428. The molecule has 1 atom stereocenters. The van der Waals surface area contributed by atoms with E-state index in [2.05, 4.69) is 19.2 Å². The number of rotatable bonds is 10. The molecule has 1 N–H and O–H groups in total. The Balaban J connectivity index is 2.39. The Hall–Kier alpha value is -2.87. The molecule has 0 spiro atoms. The second kappa shape index (κ2) is 11.1. The normalized spacial score (nSPS) is 12.3. The van der Waals surface area contributed by atoms with Crippen LogP contribution in [0.15, 0.2) is 54.6 Å². The van der Waals surface area contributed by atoms with Crippen molar-refractivity contribution in [1.82, 2.24) is 10.2 Å². The number of nitrogens with zero attached hydrogens (tertiary/aromatic N) is 2. The van der Waals surface area contributed by atoms with Crippen LogP contribution in [0.4, 0.5) is 5.69 Å². The summed E-state index contributed by atoms with van der Waals surface area (Å²) in [7, 11) is -2.20. The highest BCUT2D eigenvalue weighted by atomic mass is 32.2. The number of nitrogens with one attached hydrogen (secondary N) is 1. The van der Waals surface area contributed by atoms with Crippen molar-refractivity contribution in [3.63, 3.8) is 0 Å². The molecule has 2 aromatic rings. The molecular formula is C24H33N3O4S. The Bertz CT molecular complexity index is 1010. The lowest BCUT2D eigenvalue weighted by molar-refractivity contribution is -0.140. The zero-order valence-corrected chi connectivity index (χ0v) is 20.2. The summed E-state index contributed by atoms with van der Waals surface area (Å²) in [6.07, 6.45) is 1.48. The van der Waals surface area contributed by atoms with Gasteiger partial charge >= 0.3 is 0 Å². The van der Waals surface area contributed by atoms with Crippen molar-refractivity contribution in [3.05, 3.63) is 65.7 Å². The molecule has 8 heteroatoms. The summed E-state index contributed by atoms with van der Waals surface area (Å²) in [5, 5.41) is 2.60. The van der Waals surface area contributed by atoms with Crippen molar-refractivity contribution in [2.24, 2.45) is 0 Å². The molecule has 2 aromatic carbocycles. The lowest BCUT2D eigenvalue weighted by Crippen LogP contribution is -2.51. The predicted octanol–water partition coefficient (Wildman–Crippen LogP) is 3.13. The summed E-state index contributed by atoms with van der Waals surface area (Å²) in [5.41, 5.74) is 2.35. The van der Waals surface area contributed by atoms with E-state index in [9.17, 15) is 18.0 Å². The van der Waals surface area contributed by atoms with Gasteiger partial charge in [-0.05, 0) is 35.6 Å². The molecule has 32 heavy (non-hydrogen) atoms. The van der Waals surface area contributed by atoms with Crippen molar-refractivity contribution < 1.29 is 18.0 Å². The van der Waals surface area contributed by atoms with E-state index in [1.54, 1.807) is 12.1 Å². The highest BCUT2D eigenvalue weighted by Gasteiger charge is 2.31. The Morgan fingerprint density at radius 1 is 1.00 bits per heavy atom. The fraction of sp³-hybridized carbons (Fsp3) is 0.417. The van der Waals surface area contributed by atoms with E-state index in [0.29, 0.717) is 18.0 Å². The molecule has 0 fully saturated rings. The van der Waals surface area contributed by atoms with Crippen LogP contribution >= 0.6 is 0 Å². The molecule has 7 nitrogen and oxygen atoms in total. The number of amides is 2. The smallest absolute Gasteiger partial charge is 0.244 e. The molecule has 0 aliphatic heterocycles. The predicted molar refractivity (Wildman–Crippen MR) is 128 cm³/mol. The van der Waals surface area contributed by atoms with Crippen molar-refractivity contribution in [2.75, 3.05) is 24.2 Å². The summed E-state index contributed by atoms with van der Waals surface area (Å²) in [4.78, 5) is 27.4. The van der Waals surface area contributed by atoms with E-state index in [0.717, 1.165) is 21.7 Å². The van der Waals surface area contributed by atoms with E-state index in [-0.39, 0.29) is 19.0 Å². The van der Waals surface area contributed by atoms with Gasteiger partial charge in [-0.25, -0.2) is 8.42 Å². The van der Waals surface area contributed by atoms with Gasteiger partial charge < -0.3 is 10.2 Å². The van der Waals surface area contributed by atoms with E-state index >= 15 is 0 Å². The summed E-state index contributed by atoms with van der Waals surface area (Å²) in [6, 6.07) is 15.8. The second-order valence-electron chi connectivity index (χ2n) is 8.06. The number of hydrogen-bond donors (Lipinski definition) is 1. The SMILES string of the molecule is CCC(C(=O)NC)N(Cc1ccccc1)C(=O)CN(c1ccc(C(C)C)cc1)S(C)(=O)=O. The standard InChI is InChI=1S/C24H33N3O4S/c1-6-22(24(29)25-4)26(16-19-10-8-7-9-11-19)23(28)17-27(32(5,30)31)21-14-12-20(13-15-21)18(2)3/h7-15,18,22H,6,16-17H2,1-5H3,(H,25,29). The minimum Gasteiger partial charge on any atom is -0.357 e. The second-order valence-corrected chi connectivity index (χ2v) is 9.97. The number of carbonyl (C=O) groups excluding carboxylic acids is 2. The van der Waals surface area contributed by atoms with Gasteiger partial charge in [0.1, 0.15) is 12.6 Å². The quantitative estimate of drug-likeness (QED) is 0.591. The van der Waals surface area contributed by atoms with Gasteiger partial charge in [0, 0.05) is 13.6 Å². The molecule has 0 aromatic heterocycles. The number of hydrogen-bond acceptors (Lipinski definition) is 4. The van der Waals surface area contributed by atoms with Crippen molar-refractivity contribution in [1.29, 1.82) is 0 Å². The van der Waals surface area contributed by atoms with Crippen LogP contribution in [0.3, 0.4) is 0 Å². The van der Waals surface area contributed by atoms with E-state index in [1.165, 1.54) is 11.9 Å². The Morgan fingerprint density at radius 3 is 2.06 bits per heavy atom. The largest absolute Gasteiger partial charge is 0.357 e. The molecule has 0 radical (unpaired) electrons. The third kappa shape index (κ3) is 6.56. The zero-order chi connectivity index (χ0) is 23.9. The molecule has 0 saturated heterocycles. The van der Waals surface area contributed by atoms with Gasteiger partial charge in [-0.1, -0.05) is 63.2 Å². The van der Waals surface area contributed by atoms with Gasteiger partial charge in [0.25, 0.3) is 0 Å². The molecule has 0 aliphatic carbocycles. The van der Waals surface area contributed by atoms with Crippen LogP contribution in [0.2, 0.25) is 0 Å². The van der Waals surface area contributed by atoms with Crippen LogP contribution in [0, 0.1) is 0 Å². The van der Waals surface area contributed by atoms with E-state index in [4.69, 9.17) is 0 Å². The Labute approximate surface area is 191 Å². The minimum absolute atomic E-state index is 0.204. The minimum atomic E-state index is -3.73. The van der Waals surface area contributed by atoms with E-state index < -0.39 is 22.0 Å². The Morgan fingerprint density at radius 2 is 1.59 bits per heavy atom. The maximum atomic E-state index is 13.4. The fourth-order valence-electron chi connectivity index (χ4n) is 3.51.